The molecule has 18 heavy (non-hydrogen) atoms. The topological polar surface area (TPSA) is 46.3 Å². The van der Waals surface area contributed by atoms with Crippen LogP contribution in [-0.4, -0.2) is 29.9 Å². The van der Waals surface area contributed by atoms with Crippen molar-refractivity contribution in [3.05, 3.63) is 35.4 Å². The number of benzene rings is 1. The zero-order chi connectivity index (χ0) is 13.1. The molecule has 2 rings (SSSR count). The number of hydrogen-bond donors (Lipinski definition) is 1. The molecule has 1 saturated heterocycles. The summed E-state index contributed by atoms with van der Waals surface area (Å²) in [6, 6.07) is 8.02. The molecule has 1 aromatic carbocycles. The minimum Gasteiger partial charge on any atom is -0.337 e. The number of rotatable bonds is 2. The van der Waals surface area contributed by atoms with Crippen LogP contribution in [0.25, 0.3) is 0 Å². The van der Waals surface area contributed by atoms with Gasteiger partial charge in [-0.2, -0.15) is 0 Å². The highest BCUT2D eigenvalue weighted by Crippen LogP contribution is 2.17. The number of aryl methyl sites for hydroxylation is 1. The van der Waals surface area contributed by atoms with Gasteiger partial charge in [0.1, 0.15) is 0 Å². The molecule has 1 aliphatic rings. The first kappa shape index (κ1) is 13.1. The van der Waals surface area contributed by atoms with Crippen LogP contribution in [0, 0.1) is 5.92 Å². The largest absolute Gasteiger partial charge is 0.337 e. The molecule has 2 atom stereocenters. The number of carbonyl (C=O) groups is 1. The van der Waals surface area contributed by atoms with Gasteiger partial charge in [0.2, 0.25) is 0 Å². The summed E-state index contributed by atoms with van der Waals surface area (Å²) < 4.78 is 0. The Labute approximate surface area is 109 Å². The van der Waals surface area contributed by atoms with Gasteiger partial charge in [0.05, 0.1) is 0 Å². The normalized spacial score (nSPS) is 24.1. The quantitative estimate of drug-likeness (QED) is 0.868. The monoisotopic (exact) mass is 246 g/mol. The van der Waals surface area contributed by atoms with E-state index in [9.17, 15) is 4.79 Å². The first-order chi connectivity index (χ1) is 8.60. The predicted molar refractivity (Wildman–Crippen MR) is 73.5 cm³/mol. The smallest absolute Gasteiger partial charge is 0.253 e. The zero-order valence-corrected chi connectivity index (χ0v) is 11.2. The Morgan fingerprint density at radius 3 is 2.56 bits per heavy atom. The Balaban J connectivity index is 2.09. The minimum atomic E-state index is 0.111. The van der Waals surface area contributed by atoms with E-state index in [1.807, 2.05) is 29.2 Å². The van der Waals surface area contributed by atoms with Crippen molar-refractivity contribution < 1.29 is 4.79 Å². The molecule has 1 aromatic rings. The molecule has 3 heteroatoms. The molecule has 1 fully saturated rings. The van der Waals surface area contributed by atoms with Gasteiger partial charge < -0.3 is 10.6 Å². The average molecular weight is 246 g/mol. The van der Waals surface area contributed by atoms with Gasteiger partial charge in [-0.1, -0.05) is 26.0 Å². The summed E-state index contributed by atoms with van der Waals surface area (Å²) in [5, 5.41) is 0. The molecule has 0 bridgehead atoms. The number of nitrogens with zero attached hydrogens (tertiary/aromatic N) is 1. The third kappa shape index (κ3) is 2.91. The number of piperidine rings is 1. The van der Waals surface area contributed by atoms with E-state index in [1.54, 1.807) is 0 Å². The summed E-state index contributed by atoms with van der Waals surface area (Å²) in [7, 11) is 0. The first-order valence-electron chi connectivity index (χ1n) is 6.74. The highest BCUT2D eigenvalue weighted by Gasteiger charge is 2.26. The van der Waals surface area contributed by atoms with Crippen molar-refractivity contribution in [2.75, 3.05) is 13.1 Å². The van der Waals surface area contributed by atoms with Gasteiger partial charge in [-0.25, -0.2) is 0 Å². The molecule has 2 unspecified atom stereocenters. The number of amides is 1. The van der Waals surface area contributed by atoms with Crippen LogP contribution in [0.4, 0.5) is 0 Å². The second-order valence-electron chi connectivity index (χ2n) is 5.36. The van der Waals surface area contributed by atoms with E-state index in [0.717, 1.165) is 24.9 Å². The van der Waals surface area contributed by atoms with E-state index in [4.69, 9.17) is 5.73 Å². The zero-order valence-electron chi connectivity index (χ0n) is 11.2. The Kier molecular flexibility index (Phi) is 4.02. The molecule has 2 N–H and O–H groups in total. The lowest BCUT2D eigenvalue weighted by atomic mass is 9.96. The van der Waals surface area contributed by atoms with Crippen molar-refractivity contribution in [3.8, 4) is 0 Å². The minimum absolute atomic E-state index is 0.111. The van der Waals surface area contributed by atoms with Crippen LogP contribution in [0.2, 0.25) is 0 Å². The fourth-order valence-electron chi connectivity index (χ4n) is 2.63. The third-order valence-corrected chi connectivity index (χ3v) is 3.59. The van der Waals surface area contributed by atoms with Crippen LogP contribution in [0.3, 0.4) is 0 Å². The van der Waals surface area contributed by atoms with E-state index < -0.39 is 0 Å². The van der Waals surface area contributed by atoms with E-state index in [-0.39, 0.29) is 11.9 Å². The Bertz CT molecular complexity index is 403. The third-order valence-electron chi connectivity index (χ3n) is 3.59. The number of nitrogens with two attached hydrogens (primary N) is 1. The second kappa shape index (κ2) is 5.53. The second-order valence-corrected chi connectivity index (χ2v) is 5.36. The highest BCUT2D eigenvalue weighted by molar-refractivity contribution is 5.94. The molecule has 0 radical (unpaired) electrons. The van der Waals surface area contributed by atoms with Crippen molar-refractivity contribution in [1.29, 1.82) is 0 Å². The Morgan fingerprint density at radius 1 is 1.33 bits per heavy atom. The number of hydrogen-bond acceptors (Lipinski definition) is 2. The molecule has 1 heterocycles. The molecule has 3 nitrogen and oxygen atoms in total. The Hall–Kier alpha value is -1.35. The van der Waals surface area contributed by atoms with Gasteiger partial charge >= 0.3 is 0 Å². The number of carbonyl (C=O) groups excluding carboxylic acids is 1. The SMILES string of the molecule is CCc1ccc(C(=O)N2CC(C)CC(N)C2)cc1. The molecule has 0 saturated carbocycles. The van der Waals surface area contributed by atoms with Gasteiger partial charge in [-0.3, -0.25) is 4.79 Å². The predicted octanol–water partition coefficient (Wildman–Crippen LogP) is 2.06. The molecule has 1 amide bonds. The van der Waals surface area contributed by atoms with Gasteiger partial charge in [-0.05, 0) is 36.5 Å². The van der Waals surface area contributed by atoms with Crippen LogP contribution in [0.15, 0.2) is 24.3 Å². The van der Waals surface area contributed by atoms with E-state index in [1.165, 1.54) is 5.56 Å². The van der Waals surface area contributed by atoms with Crippen LogP contribution in [0.1, 0.15) is 36.2 Å². The lowest BCUT2D eigenvalue weighted by Gasteiger charge is -2.34. The summed E-state index contributed by atoms with van der Waals surface area (Å²) in [5.41, 5.74) is 8.01. The van der Waals surface area contributed by atoms with Crippen LogP contribution < -0.4 is 5.73 Å². The highest BCUT2D eigenvalue weighted by atomic mass is 16.2. The molecule has 0 aromatic heterocycles. The summed E-state index contributed by atoms with van der Waals surface area (Å²) in [6.07, 6.45) is 2.01. The molecule has 0 spiro atoms. The van der Waals surface area contributed by atoms with E-state index in [0.29, 0.717) is 12.5 Å². The maximum absolute atomic E-state index is 12.4. The summed E-state index contributed by atoms with van der Waals surface area (Å²) in [6.45, 7) is 5.77. The van der Waals surface area contributed by atoms with Crippen molar-refractivity contribution in [1.82, 2.24) is 4.90 Å². The van der Waals surface area contributed by atoms with Crippen LogP contribution in [0.5, 0.6) is 0 Å². The van der Waals surface area contributed by atoms with Crippen molar-refractivity contribution in [3.63, 3.8) is 0 Å². The first-order valence-corrected chi connectivity index (χ1v) is 6.74. The molecule has 0 aliphatic carbocycles. The fourth-order valence-corrected chi connectivity index (χ4v) is 2.63. The van der Waals surface area contributed by atoms with Gasteiger partial charge in [0, 0.05) is 24.7 Å². The van der Waals surface area contributed by atoms with Crippen molar-refractivity contribution >= 4 is 5.91 Å². The fraction of sp³-hybridized carbons (Fsp3) is 0.533. The number of likely N-dealkylation sites (tertiary alicyclic amines) is 1. The standard InChI is InChI=1S/C15H22N2O/c1-3-12-4-6-13(7-5-12)15(18)17-9-11(2)8-14(16)10-17/h4-7,11,14H,3,8-10,16H2,1-2H3. The lowest BCUT2D eigenvalue weighted by Crippen LogP contribution is -2.48. The van der Waals surface area contributed by atoms with Gasteiger partial charge in [-0.15, -0.1) is 0 Å². The summed E-state index contributed by atoms with van der Waals surface area (Å²) in [4.78, 5) is 14.2. The maximum Gasteiger partial charge on any atom is 0.253 e. The van der Waals surface area contributed by atoms with E-state index in [2.05, 4.69) is 13.8 Å². The van der Waals surface area contributed by atoms with Crippen molar-refractivity contribution in [2.24, 2.45) is 11.7 Å². The average Bonchev–Trinajstić information content (AvgIpc) is 2.37. The van der Waals surface area contributed by atoms with Crippen molar-refractivity contribution in [2.45, 2.75) is 32.7 Å². The van der Waals surface area contributed by atoms with Gasteiger partial charge in [0.15, 0.2) is 0 Å². The molecular weight excluding hydrogens is 224 g/mol. The Morgan fingerprint density at radius 2 is 2.00 bits per heavy atom. The summed E-state index contributed by atoms with van der Waals surface area (Å²) >= 11 is 0. The van der Waals surface area contributed by atoms with Crippen LogP contribution >= 0.6 is 0 Å². The molecule has 1 aliphatic heterocycles. The van der Waals surface area contributed by atoms with E-state index >= 15 is 0 Å². The molecular formula is C15H22N2O. The lowest BCUT2D eigenvalue weighted by molar-refractivity contribution is 0.0661. The molecule has 98 valence electrons. The summed E-state index contributed by atoms with van der Waals surface area (Å²) in [5.74, 6) is 0.604. The van der Waals surface area contributed by atoms with Crippen LogP contribution in [-0.2, 0) is 6.42 Å². The van der Waals surface area contributed by atoms with Gasteiger partial charge in [0.25, 0.3) is 5.91 Å². The maximum atomic E-state index is 12.4.